The van der Waals surface area contributed by atoms with Gasteiger partial charge < -0.3 is 10.5 Å². The molecule has 1 aliphatic carbocycles. The monoisotopic (exact) mass is 467 g/mol. The normalized spacial score (nSPS) is 18.9. The number of ketones is 1. The Morgan fingerprint density at radius 2 is 1.76 bits per heavy atom. The fourth-order valence-corrected chi connectivity index (χ4v) is 4.97. The molecular weight excluding hydrogens is 442 g/mol. The Morgan fingerprint density at radius 3 is 2.36 bits per heavy atom. The molecule has 1 aliphatic heterocycles. The predicted molar refractivity (Wildman–Crippen MR) is 123 cm³/mol. The number of ether oxygens (including phenoxy) is 1. The van der Waals surface area contributed by atoms with Crippen LogP contribution in [0.3, 0.4) is 0 Å². The lowest BCUT2D eigenvalue weighted by Gasteiger charge is -2.40. The molecule has 4 rings (SSSR count). The van der Waals surface area contributed by atoms with Crippen molar-refractivity contribution in [3.8, 4) is 0 Å². The van der Waals surface area contributed by atoms with Gasteiger partial charge in [0.2, 0.25) is 10.0 Å². The van der Waals surface area contributed by atoms with E-state index in [9.17, 15) is 18.0 Å². The standard InChI is InChI=1S/C24H25N3O5S/c1-2-32-24(29)22-20(15-7-4-3-5-8-15)21-18(9-6-10-19(21)28)27(23(22)25)16-11-13-17(14-12-16)33(26,30)31/h3-5,7-8,11-14,20H,2,6,9-10,25H2,1H3,(H2,26,30,31)/t20-/m1/s1. The van der Waals surface area contributed by atoms with Gasteiger partial charge in [0, 0.05) is 23.4 Å². The molecule has 0 unspecified atom stereocenters. The number of nitrogens with zero attached hydrogens (tertiary/aromatic N) is 1. The first kappa shape index (κ1) is 22.8. The molecule has 1 heterocycles. The summed E-state index contributed by atoms with van der Waals surface area (Å²) in [7, 11) is -3.87. The molecule has 1 atom stereocenters. The summed E-state index contributed by atoms with van der Waals surface area (Å²) in [5.41, 5.74) is 9.31. The quantitative estimate of drug-likeness (QED) is 0.646. The number of esters is 1. The van der Waals surface area contributed by atoms with Crippen molar-refractivity contribution in [2.45, 2.75) is 37.0 Å². The van der Waals surface area contributed by atoms with Crippen LogP contribution in [-0.2, 0) is 24.3 Å². The number of allylic oxidation sites excluding steroid dienone is 2. The molecule has 2 aromatic carbocycles. The van der Waals surface area contributed by atoms with Crippen LogP contribution in [0.4, 0.5) is 5.69 Å². The van der Waals surface area contributed by atoms with E-state index in [-0.39, 0.29) is 28.7 Å². The van der Waals surface area contributed by atoms with Crippen molar-refractivity contribution in [3.63, 3.8) is 0 Å². The van der Waals surface area contributed by atoms with Gasteiger partial charge in [0.1, 0.15) is 5.82 Å². The summed E-state index contributed by atoms with van der Waals surface area (Å²) in [6.45, 7) is 1.86. The number of carbonyl (C=O) groups is 2. The number of carbonyl (C=O) groups excluding carboxylic acids is 2. The molecule has 33 heavy (non-hydrogen) atoms. The van der Waals surface area contributed by atoms with Crippen LogP contribution in [0.1, 0.15) is 37.7 Å². The van der Waals surface area contributed by atoms with Crippen LogP contribution >= 0.6 is 0 Å². The number of hydrogen-bond donors (Lipinski definition) is 2. The highest BCUT2D eigenvalue weighted by Gasteiger charge is 2.43. The van der Waals surface area contributed by atoms with Gasteiger partial charge in [0.25, 0.3) is 0 Å². The molecular formula is C24H25N3O5S. The number of hydrogen-bond acceptors (Lipinski definition) is 7. The average Bonchev–Trinajstić information content (AvgIpc) is 2.79. The van der Waals surface area contributed by atoms with Crippen LogP contribution in [0.15, 0.2) is 82.2 Å². The molecule has 0 bridgehead atoms. The number of Topliss-reactive ketones (excluding diaryl/α,β-unsaturated/α-hetero) is 1. The number of anilines is 1. The van der Waals surface area contributed by atoms with Gasteiger partial charge in [0.15, 0.2) is 5.78 Å². The molecule has 0 saturated carbocycles. The fraction of sp³-hybridized carbons (Fsp3) is 0.250. The van der Waals surface area contributed by atoms with Crippen LogP contribution in [0, 0.1) is 0 Å². The van der Waals surface area contributed by atoms with Crippen LogP contribution < -0.4 is 15.8 Å². The third-order valence-corrected chi connectivity index (χ3v) is 6.77. The van der Waals surface area contributed by atoms with Crippen molar-refractivity contribution >= 4 is 27.5 Å². The van der Waals surface area contributed by atoms with Gasteiger partial charge in [-0.15, -0.1) is 0 Å². The third-order valence-electron chi connectivity index (χ3n) is 5.84. The van der Waals surface area contributed by atoms with Crippen LogP contribution in [0.2, 0.25) is 0 Å². The summed E-state index contributed by atoms with van der Waals surface area (Å²) in [6.07, 6.45) is 1.60. The average molecular weight is 468 g/mol. The number of nitrogens with two attached hydrogens (primary N) is 2. The third kappa shape index (κ3) is 4.17. The second-order valence-corrected chi connectivity index (χ2v) is 9.44. The highest BCUT2D eigenvalue weighted by molar-refractivity contribution is 7.89. The lowest BCUT2D eigenvalue weighted by Crippen LogP contribution is -2.41. The van der Waals surface area contributed by atoms with Gasteiger partial charge in [0.05, 0.1) is 23.0 Å². The first-order valence-electron chi connectivity index (χ1n) is 10.6. The van der Waals surface area contributed by atoms with Crippen molar-refractivity contribution in [2.24, 2.45) is 10.9 Å². The first-order chi connectivity index (χ1) is 15.7. The Morgan fingerprint density at radius 1 is 1.09 bits per heavy atom. The molecule has 9 heteroatoms. The molecule has 0 spiro atoms. The molecule has 4 N–H and O–H groups in total. The Hall–Kier alpha value is -3.43. The Balaban J connectivity index is 1.96. The second kappa shape index (κ2) is 8.84. The minimum absolute atomic E-state index is 0.0486. The zero-order valence-electron chi connectivity index (χ0n) is 18.2. The van der Waals surface area contributed by atoms with Gasteiger partial charge in [-0.05, 0) is 49.6 Å². The van der Waals surface area contributed by atoms with Crippen molar-refractivity contribution in [2.75, 3.05) is 11.5 Å². The summed E-state index contributed by atoms with van der Waals surface area (Å²) in [5.74, 6) is -1.14. The maximum absolute atomic E-state index is 13.2. The molecule has 0 radical (unpaired) electrons. The van der Waals surface area contributed by atoms with E-state index in [1.165, 1.54) is 12.1 Å². The van der Waals surface area contributed by atoms with E-state index in [4.69, 9.17) is 15.6 Å². The highest BCUT2D eigenvalue weighted by atomic mass is 32.2. The molecule has 0 fully saturated rings. The second-order valence-electron chi connectivity index (χ2n) is 7.87. The van der Waals surface area contributed by atoms with Gasteiger partial charge in [-0.2, -0.15) is 0 Å². The summed E-state index contributed by atoms with van der Waals surface area (Å²) in [6, 6.07) is 15.1. The summed E-state index contributed by atoms with van der Waals surface area (Å²) >= 11 is 0. The zero-order valence-corrected chi connectivity index (χ0v) is 19.0. The van der Waals surface area contributed by atoms with Crippen LogP contribution in [0.5, 0.6) is 0 Å². The highest BCUT2D eigenvalue weighted by Crippen LogP contribution is 2.46. The number of rotatable bonds is 5. The van der Waals surface area contributed by atoms with E-state index < -0.39 is 21.9 Å². The molecule has 2 aliphatic rings. The Labute approximate surface area is 192 Å². The predicted octanol–water partition coefficient (Wildman–Crippen LogP) is 2.68. The topological polar surface area (TPSA) is 133 Å². The molecule has 2 aromatic rings. The largest absolute Gasteiger partial charge is 0.463 e. The Bertz CT molecular complexity index is 1260. The van der Waals surface area contributed by atoms with E-state index >= 15 is 0 Å². The van der Waals surface area contributed by atoms with E-state index in [1.54, 1.807) is 24.0 Å². The minimum Gasteiger partial charge on any atom is -0.463 e. The molecule has 172 valence electrons. The summed E-state index contributed by atoms with van der Waals surface area (Å²) in [5, 5.41) is 5.22. The van der Waals surface area contributed by atoms with Crippen molar-refractivity contribution in [3.05, 3.63) is 82.8 Å². The summed E-state index contributed by atoms with van der Waals surface area (Å²) < 4.78 is 28.7. The lowest BCUT2D eigenvalue weighted by molar-refractivity contribution is -0.138. The number of benzene rings is 2. The van der Waals surface area contributed by atoms with Crippen LogP contribution in [-0.4, -0.2) is 26.8 Å². The van der Waals surface area contributed by atoms with E-state index in [1.807, 2.05) is 30.3 Å². The van der Waals surface area contributed by atoms with E-state index in [0.29, 0.717) is 36.2 Å². The molecule has 8 nitrogen and oxygen atoms in total. The van der Waals surface area contributed by atoms with Gasteiger partial charge in [-0.3, -0.25) is 9.69 Å². The number of primary sulfonamides is 1. The lowest BCUT2D eigenvalue weighted by atomic mass is 9.75. The summed E-state index contributed by atoms with van der Waals surface area (Å²) in [4.78, 5) is 27.9. The van der Waals surface area contributed by atoms with Gasteiger partial charge in [-0.25, -0.2) is 18.4 Å². The maximum atomic E-state index is 13.2. The fourth-order valence-electron chi connectivity index (χ4n) is 4.45. The van der Waals surface area contributed by atoms with Gasteiger partial charge in [-0.1, -0.05) is 30.3 Å². The van der Waals surface area contributed by atoms with Crippen molar-refractivity contribution in [1.82, 2.24) is 0 Å². The molecule has 0 aromatic heterocycles. The Kier molecular flexibility index (Phi) is 6.09. The van der Waals surface area contributed by atoms with E-state index in [0.717, 1.165) is 5.56 Å². The zero-order chi connectivity index (χ0) is 23.8. The maximum Gasteiger partial charge on any atom is 0.338 e. The SMILES string of the molecule is CCOC(=O)C1=C(N)N(c2ccc(S(N)(=O)=O)cc2)C2=C(C(=O)CCC2)[C@H]1c1ccccc1. The first-order valence-corrected chi connectivity index (χ1v) is 12.2. The molecule has 0 amide bonds. The van der Waals surface area contributed by atoms with Gasteiger partial charge >= 0.3 is 5.97 Å². The van der Waals surface area contributed by atoms with Crippen molar-refractivity contribution < 1.29 is 22.7 Å². The minimum atomic E-state index is -3.87. The molecule has 0 saturated heterocycles. The van der Waals surface area contributed by atoms with E-state index in [2.05, 4.69) is 0 Å². The number of sulfonamides is 1. The smallest absolute Gasteiger partial charge is 0.338 e. The van der Waals surface area contributed by atoms with Crippen LogP contribution in [0.25, 0.3) is 0 Å². The van der Waals surface area contributed by atoms with Crippen molar-refractivity contribution in [1.29, 1.82) is 0 Å².